The van der Waals surface area contributed by atoms with Crippen molar-refractivity contribution in [3.63, 3.8) is 0 Å². The molecule has 1 aliphatic heterocycles. The molecule has 4 heterocycles. The van der Waals surface area contributed by atoms with Gasteiger partial charge in [0.1, 0.15) is 5.82 Å². The molecule has 4 rings (SSSR count). The zero-order valence-corrected chi connectivity index (χ0v) is 16.1. The van der Waals surface area contributed by atoms with Crippen molar-refractivity contribution in [3.8, 4) is 0 Å². The van der Waals surface area contributed by atoms with Crippen LogP contribution in [0.4, 0.5) is 0 Å². The minimum absolute atomic E-state index is 0.419. The van der Waals surface area contributed by atoms with Gasteiger partial charge < -0.3 is 9.13 Å². The maximum atomic E-state index is 4.62. The smallest absolute Gasteiger partial charge is 0.152 e. The fraction of sp³-hybridized carbons (Fsp3) is 0.500. The second-order valence-electron chi connectivity index (χ2n) is 7.35. The normalized spacial score (nSPS) is 18.1. The monoisotopic (exact) mass is 365 g/mol. The van der Waals surface area contributed by atoms with Gasteiger partial charge in [0.05, 0.1) is 18.6 Å². The van der Waals surface area contributed by atoms with Crippen LogP contribution >= 0.6 is 0 Å². The van der Waals surface area contributed by atoms with Gasteiger partial charge in [-0.25, -0.2) is 4.98 Å². The number of pyridine rings is 1. The van der Waals surface area contributed by atoms with Crippen molar-refractivity contribution in [2.45, 2.75) is 45.2 Å². The molecular weight excluding hydrogens is 338 g/mol. The number of hydrogen-bond donors (Lipinski definition) is 0. The van der Waals surface area contributed by atoms with Crippen molar-refractivity contribution in [2.75, 3.05) is 13.1 Å². The lowest BCUT2D eigenvalue weighted by atomic mass is 9.97. The minimum atomic E-state index is 0.419. The second kappa shape index (κ2) is 8.00. The molecule has 0 aromatic carbocycles. The van der Waals surface area contributed by atoms with Gasteiger partial charge in [0.15, 0.2) is 5.82 Å². The average molecular weight is 365 g/mol. The Bertz CT molecular complexity index is 851. The molecule has 1 fully saturated rings. The third-order valence-electron chi connectivity index (χ3n) is 5.43. The third-order valence-corrected chi connectivity index (χ3v) is 5.43. The first-order valence-electron chi connectivity index (χ1n) is 9.73. The van der Waals surface area contributed by atoms with E-state index >= 15 is 0 Å². The molecule has 3 aromatic heterocycles. The molecule has 0 aliphatic carbocycles. The summed E-state index contributed by atoms with van der Waals surface area (Å²) < 4.78 is 4.18. The van der Waals surface area contributed by atoms with Crippen LogP contribution in [-0.2, 0) is 26.6 Å². The van der Waals surface area contributed by atoms with E-state index in [1.807, 2.05) is 23.3 Å². The zero-order chi connectivity index (χ0) is 18.6. The highest BCUT2D eigenvalue weighted by Crippen LogP contribution is 2.26. The van der Waals surface area contributed by atoms with Gasteiger partial charge in [-0.05, 0) is 37.4 Å². The van der Waals surface area contributed by atoms with Crippen molar-refractivity contribution in [1.29, 1.82) is 0 Å². The first-order valence-corrected chi connectivity index (χ1v) is 9.73. The lowest BCUT2D eigenvalue weighted by Gasteiger charge is -2.32. The maximum absolute atomic E-state index is 4.62. The summed E-state index contributed by atoms with van der Waals surface area (Å²) in [5, 5.41) is 8.95. The second-order valence-corrected chi connectivity index (χ2v) is 7.35. The fourth-order valence-corrected chi connectivity index (χ4v) is 3.81. The van der Waals surface area contributed by atoms with Gasteiger partial charge >= 0.3 is 0 Å². The lowest BCUT2D eigenvalue weighted by Crippen LogP contribution is -2.35. The van der Waals surface area contributed by atoms with Gasteiger partial charge in [-0.15, -0.1) is 10.2 Å². The van der Waals surface area contributed by atoms with E-state index in [0.717, 1.165) is 49.8 Å². The summed E-state index contributed by atoms with van der Waals surface area (Å²) in [6.07, 6.45) is 10.9. The molecule has 3 aromatic rings. The van der Waals surface area contributed by atoms with Crippen LogP contribution in [0.1, 0.15) is 48.6 Å². The van der Waals surface area contributed by atoms with Crippen LogP contribution in [0.3, 0.4) is 0 Å². The summed E-state index contributed by atoms with van der Waals surface area (Å²) in [4.78, 5) is 11.2. The van der Waals surface area contributed by atoms with Crippen LogP contribution in [0.25, 0.3) is 0 Å². The molecule has 1 aliphatic rings. The number of imidazole rings is 1. The molecule has 0 N–H and O–H groups in total. The molecule has 0 radical (unpaired) electrons. The van der Waals surface area contributed by atoms with E-state index in [9.17, 15) is 0 Å². The number of piperidine rings is 1. The Hall–Kier alpha value is -2.54. The summed E-state index contributed by atoms with van der Waals surface area (Å²) in [7, 11) is 2.07. The standard InChI is InChI=1S/C20H27N7/c1-3-16-6-7-18(22-11-16)13-26-9-4-5-17(12-26)20-24-23-19(25(20)2)14-27-10-8-21-15-27/h6-8,10-11,15,17H,3-5,9,12-14H2,1-2H3/t17-/m1/s1. The Balaban J connectivity index is 1.42. The van der Waals surface area contributed by atoms with E-state index in [0.29, 0.717) is 12.5 Å². The molecule has 0 unspecified atom stereocenters. The minimum Gasteiger partial charge on any atom is -0.330 e. The first kappa shape index (κ1) is 17.9. The van der Waals surface area contributed by atoms with Crippen LogP contribution < -0.4 is 0 Å². The molecule has 142 valence electrons. The number of nitrogens with zero attached hydrogens (tertiary/aromatic N) is 7. The van der Waals surface area contributed by atoms with Crippen molar-refractivity contribution in [1.82, 2.24) is 34.2 Å². The molecule has 7 nitrogen and oxygen atoms in total. The summed E-state index contributed by atoms with van der Waals surface area (Å²) in [6.45, 7) is 5.89. The molecule has 27 heavy (non-hydrogen) atoms. The van der Waals surface area contributed by atoms with Gasteiger partial charge in [0, 0.05) is 44.6 Å². The fourth-order valence-electron chi connectivity index (χ4n) is 3.81. The number of likely N-dealkylation sites (tertiary alicyclic amines) is 1. The van der Waals surface area contributed by atoms with E-state index in [2.05, 4.69) is 55.7 Å². The van der Waals surface area contributed by atoms with Crippen LogP contribution in [0.5, 0.6) is 0 Å². The average Bonchev–Trinajstić information content (AvgIpc) is 3.33. The summed E-state index contributed by atoms with van der Waals surface area (Å²) in [6, 6.07) is 4.35. The van der Waals surface area contributed by atoms with Crippen LogP contribution in [0, 0.1) is 0 Å². The molecule has 0 spiro atoms. The van der Waals surface area contributed by atoms with E-state index in [4.69, 9.17) is 0 Å². The summed E-state index contributed by atoms with van der Waals surface area (Å²) in [5.41, 5.74) is 2.44. The quantitative estimate of drug-likeness (QED) is 0.671. The topological polar surface area (TPSA) is 64.7 Å². The highest BCUT2D eigenvalue weighted by atomic mass is 15.3. The van der Waals surface area contributed by atoms with E-state index in [1.165, 1.54) is 12.0 Å². The van der Waals surface area contributed by atoms with Gasteiger partial charge in [0.2, 0.25) is 0 Å². The van der Waals surface area contributed by atoms with Crippen LogP contribution in [0.15, 0.2) is 37.1 Å². The van der Waals surface area contributed by atoms with E-state index < -0.39 is 0 Å². The van der Waals surface area contributed by atoms with Crippen molar-refractivity contribution in [3.05, 3.63) is 60.0 Å². The van der Waals surface area contributed by atoms with Crippen LogP contribution in [0.2, 0.25) is 0 Å². The van der Waals surface area contributed by atoms with Gasteiger partial charge in [-0.1, -0.05) is 13.0 Å². The molecule has 0 saturated carbocycles. The van der Waals surface area contributed by atoms with Gasteiger partial charge in [-0.2, -0.15) is 0 Å². The summed E-state index contributed by atoms with van der Waals surface area (Å²) in [5.74, 6) is 2.48. The van der Waals surface area contributed by atoms with Crippen molar-refractivity contribution >= 4 is 0 Å². The maximum Gasteiger partial charge on any atom is 0.152 e. The highest BCUT2D eigenvalue weighted by Gasteiger charge is 2.26. The Morgan fingerprint density at radius 2 is 2.11 bits per heavy atom. The van der Waals surface area contributed by atoms with Crippen LogP contribution in [-0.4, -0.2) is 47.3 Å². The predicted molar refractivity (Wildman–Crippen MR) is 103 cm³/mol. The van der Waals surface area contributed by atoms with E-state index in [-0.39, 0.29) is 0 Å². The Labute approximate surface area is 160 Å². The largest absolute Gasteiger partial charge is 0.330 e. The van der Waals surface area contributed by atoms with Gasteiger partial charge in [-0.3, -0.25) is 9.88 Å². The molecule has 1 saturated heterocycles. The SMILES string of the molecule is CCc1ccc(CN2CCC[C@@H](c3nnc(Cn4ccnc4)n3C)C2)nc1. The number of aryl methyl sites for hydroxylation is 1. The third kappa shape index (κ3) is 4.08. The Kier molecular flexibility index (Phi) is 5.29. The van der Waals surface area contributed by atoms with Crippen molar-refractivity contribution < 1.29 is 0 Å². The molecule has 7 heteroatoms. The molecule has 0 bridgehead atoms. The molecule has 0 amide bonds. The van der Waals surface area contributed by atoms with Crippen molar-refractivity contribution in [2.24, 2.45) is 7.05 Å². The molecule has 1 atom stereocenters. The van der Waals surface area contributed by atoms with Gasteiger partial charge in [0.25, 0.3) is 0 Å². The highest BCUT2D eigenvalue weighted by molar-refractivity contribution is 5.14. The molecular formula is C20H27N7. The lowest BCUT2D eigenvalue weighted by molar-refractivity contribution is 0.193. The number of aromatic nitrogens is 6. The Morgan fingerprint density at radius 1 is 1.19 bits per heavy atom. The number of hydrogen-bond acceptors (Lipinski definition) is 5. The Morgan fingerprint density at radius 3 is 2.85 bits per heavy atom. The zero-order valence-electron chi connectivity index (χ0n) is 16.1. The number of rotatable bonds is 6. The predicted octanol–water partition coefficient (Wildman–Crippen LogP) is 2.40. The summed E-state index contributed by atoms with van der Waals surface area (Å²) >= 11 is 0. The first-order chi connectivity index (χ1) is 13.2. The van der Waals surface area contributed by atoms with E-state index in [1.54, 1.807) is 6.20 Å².